The van der Waals surface area contributed by atoms with Gasteiger partial charge in [0.2, 0.25) is 11.8 Å². The molecule has 0 unspecified atom stereocenters. The van der Waals surface area contributed by atoms with Crippen LogP contribution in [0.5, 0.6) is 0 Å². The van der Waals surface area contributed by atoms with Crippen LogP contribution in [0.2, 0.25) is 0 Å². The van der Waals surface area contributed by atoms with Crippen LogP contribution >= 0.6 is 27.7 Å². The molecule has 3 aromatic carbocycles. The van der Waals surface area contributed by atoms with E-state index in [-0.39, 0.29) is 17.9 Å². The first-order valence-corrected chi connectivity index (χ1v) is 14.9. The number of aryl methyl sites for hydroxylation is 1. The topological polar surface area (TPSA) is 49.4 Å². The third kappa shape index (κ3) is 8.47. The molecule has 1 aliphatic rings. The van der Waals surface area contributed by atoms with E-state index in [2.05, 4.69) is 64.6 Å². The minimum atomic E-state index is -0.565. The Hall–Kier alpha value is -2.57. The minimum absolute atomic E-state index is 0.00908. The number of benzene rings is 3. The van der Waals surface area contributed by atoms with E-state index in [0.29, 0.717) is 18.7 Å². The van der Waals surface area contributed by atoms with E-state index in [1.165, 1.54) is 11.1 Å². The molecule has 0 bridgehead atoms. The lowest BCUT2D eigenvalue weighted by Gasteiger charge is -2.32. The molecule has 1 N–H and O–H groups in total. The van der Waals surface area contributed by atoms with E-state index in [1.54, 1.807) is 16.7 Å². The van der Waals surface area contributed by atoms with Gasteiger partial charge < -0.3 is 10.2 Å². The highest BCUT2D eigenvalue weighted by molar-refractivity contribution is 9.10. The second kappa shape index (κ2) is 13.8. The van der Waals surface area contributed by atoms with Crippen molar-refractivity contribution in [2.45, 2.75) is 63.4 Å². The Morgan fingerprint density at radius 1 is 0.919 bits per heavy atom. The van der Waals surface area contributed by atoms with Crippen molar-refractivity contribution in [1.29, 1.82) is 0 Å². The first-order valence-electron chi connectivity index (χ1n) is 13.0. The van der Waals surface area contributed by atoms with Gasteiger partial charge in [-0.1, -0.05) is 101 Å². The minimum Gasteiger partial charge on any atom is -0.352 e. The summed E-state index contributed by atoms with van der Waals surface area (Å²) in [5.74, 6) is 1.01. The Bertz CT molecular complexity index is 1150. The molecule has 1 saturated carbocycles. The van der Waals surface area contributed by atoms with Crippen LogP contribution in [0.1, 0.15) is 47.9 Å². The fourth-order valence-electron chi connectivity index (χ4n) is 4.73. The zero-order valence-corrected chi connectivity index (χ0v) is 23.8. The second-order valence-electron chi connectivity index (χ2n) is 9.82. The molecule has 1 fully saturated rings. The van der Waals surface area contributed by atoms with Crippen molar-refractivity contribution in [3.63, 3.8) is 0 Å². The standard InChI is InChI=1S/C31H35BrN2O2S/c1-23-11-13-25(14-12-23)20-34(30(35)22-37-21-26-15-17-27(32)18-16-26)29(19-24-7-3-2-4-8-24)31(36)33-28-9-5-6-10-28/h2-4,7-8,11-18,28-29H,5-6,9-10,19-22H2,1H3,(H,33,36)/t29-/m1/s1. The molecule has 37 heavy (non-hydrogen) atoms. The summed E-state index contributed by atoms with van der Waals surface area (Å²) < 4.78 is 1.04. The van der Waals surface area contributed by atoms with Crippen LogP contribution < -0.4 is 5.32 Å². The lowest BCUT2D eigenvalue weighted by Crippen LogP contribution is -2.52. The smallest absolute Gasteiger partial charge is 0.243 e. The summed E-state index contributed by atoms with van der Waals surface area (Å²) in [6.07, 6.45) is 4.81. The van der Waals surface area contributed by atoms with E-state index >= 15 is 0 Å². The Balaban J connectivity index is 1.55. The van der Waals surface area contributed by atoms with Gasteiger partial charge in [-0.05, 0) is 48.6 Å². The van der Waals surface area contributed by atoms with Gasteiger partial charge >= 0.3 is 0 Å². The second-order valence-corrected chi connectivity index (χ2v) is 11.7. The number of carbonyl (C=O) groups excluding carboxylic acids is 2. The molecule has 1 aliphatic carbocycles. The molecule has 0 aliphatic heterocycles. The molecule has 0 spiro atoms. The highest BCUT2D eigenvalue weighted by atomic mass is 79.9. The van der Waals surface area contributed by atoms with Gasteiger partial charge in [-0.3, -0.25) is 9.59 Å². The van der Waals surface area contributed by atoms with Crippen LogP contribution in [0, 0.1) is 6.92 Å². The van der Waals surface area contributed by atoms with Crippen LogP contribution in [0.25, 0.3) is 0 Å². The summed E-state index contributed by atoms with van der Waals surface area (Å²) in [6.45, 7) is 2.46. The van der Waals surface area contributed by atoms with Gasteiger partial charge in [-0.25, -0.2) is 0 Å². The van der Waals surface area contributed by atoms with Crippen LogP contribution in [0.4, 0.5) is 0 Å². The normalized spacial score (nSPS) is 14.3. The molecular formula is C31H35BrN2O2S. The van der Waals surface area contributed by atoms with Crippen LogP contribution in [-0.4, -0.2) is 34.6 Å². The SMILES string of the molecule is Cc1ccc(CN(C(=O)CSCc2ccc(Br)cc2)[C@H](Cc2ccccc2)C(=O)NC2CCCC2)cc1. The van der Waals surface area contributed by atoms with Gasteiger partial charge in [0, 0.05) is 29.2 Å². The predicted octanol–water partition coefficient (Wildman–Crippen LogP) is 6.69. The first-order chi connectivity index (χ1) is 18.0. The van der Waals surface area contributed by atoms with Crippen molar-refractivity contribution in [2.75, 3.05) is 5.75 Å². The van der Waals surface area contributed by atoms with Crippen LogP contribution in [0.3, 0.4) is 0 Å². The number of amides is 2. The number of hydrogen-bond donors (Lipinski definition) is 1. The van der Waals surface area contributed by atoms with Crippen LogP contribution in [0.15, 0.2) is 83.3 Å². The summed E-state index contributed by atoms with van der Waals surface area (Å²) in [7, 11) is 0. The first kappa shape index (κ1) is 27.5. The highest BCUT2D eigenvalue weighted by Crippen LogP contribution is 2.22. The fourth-order valence-corrected chi connectivity index (χ4v) is 5.87. The third-order valence-corrected chi connectivity index (χ3v) is 8.37. The number of rotatable bonds is 11. The molecule has 0 heterocycles. The molecule has 6 heteroatoms. The Morgan fingerprint density at radius 2 is 1.57 bits per heavy atom. The van der Waals surface area contributed by atoms with Gasteiger partial charge in [0.05, 0.1) is 5.75 Å². The average Bonchev–Trinajstić information content (AvgIpc) is 3.42. The lowest BCUT2D eigenvalue weighted by molar-refractivity contribution is -0.139. The van der Waals surface area contributed by atoms with E-state index in [9.17, 15) is 9.59 Å². The summed E-state index contributed by atoms with van der Waals surface area (Å²) in [4.78, 5) is 29.3. The van der Waals surface area contributed by atoms with Gasteiger partial charge in [-0.2, -0.15) is 0 Å². The lowest BCUT2D eigenvalue weighted by atomic mass is 10.0. The zero-order valence-electron chi connectivity index (χ0n) is 21.4. The quantitative estimate of drug-likeness (QED) is 0.276. The molecule has 1 atom stereocenters. The molecule has 194 valence electrons. The van der Waals surface area contributed by atoms with E-state index in [1.807, 2.05) is 42.5 Å². The highest BCUT2D eigenvalue weighted by Gasteiger charge is 2.32. The molecule has 0 aromatic heterocycles. The van der Waals surface area contributed by atoms with Crippen molar-refractivity contribution in [2.24, 2.45) is 0 Å². The molecule has 2 amide bonds. The molecule has 0 saturated heterocycles. The van der Waals surface area contributed by atoms with Crippen molar-refractivity contribution in [1.82, 2.24) is 10.2 Å². The number of carbonyl (C=O) groups is 2. The summed E-state index contributed by atoms with van der Waals surface area (Å²) in [5.41, 5.74) is 4.43. The van der Waals surface area contributed by atoms with Crippen molar-refractivity contribution < 1.29 is 9.59 Å². The molecule has 4 nitrogen and oxygen atoms in total. The van der Waals surface area contributed by atoms with Gasteiger partial charge in [0.1, 0.15) is 6.04 Å². The average molecular weight is 580 g/mol. The Morgan fingerprint density at radius 3 is 2.24 bits per heavy atom. The maximum atomic E-state index is 13.7. The molecule has 0 radical (unpaired) electrons. The number of halogens is 1. The number of nitrogens with one attached hydrogen (secondary N) is 1. The zero-order chi connectivity index (χ0) is 26.0. The summed E-state index contributed by atoms with van der Waals surface area (Å²) >= 11 is 5.07. The predicted molar refractivity (Wildman–Crippen MR) is 156 cm³/mol. The third-order valence-electron chi connectivity index (χ3n) is 6.85. The summed E-state index contributed by atoms with van der Waals surface area (Å²) in [5, 5.41) is 3.27. The molecule has 3 aromatic rings. The Kier molecular flexibility index (Phi) is 10.3. The van der Waals surface area contributed by atoms with Gasteiger partial charge in [-0.15, -0.1) is 11.8 Å². The number of hydrogen-bond acceptors (Lipinski definition) is 3. The van der Waals surface area contributed by atoms with Crippen molar-refractivity contribution >= 4 is 39.5 Å². The van der Waals surface area contributed by atoms with Gasteiger partial charge in [0.25, 0.3) is 0 Å². The number of nitrogens with zero attached hydrogens (tertiary/aromatic N) is 1. The molecular weight excluding hydrogens is 544 g/mol. The fraction of sp³-hybridized carbons (Fsp3) is 0.355. The van der Waals surface area contributed by atoms with Gasteiger partial charge in [0.15, 0.2) is 0 Å². The van der Waals surface area contributed by atoms with Crippen molar-refractivity contribution in [3.8, 4) is 0 Å². The summed E-state index contributed by atoms with van der Waals surface area (Å²) in [6, 6.07) is 26.1. The maximum absolute atomic E-state index is 13.7. The Labute approximate surface area is 233 Å². The largest absolute Gasteiger partial charge is 0.352 e. The monoisotopic (exact) mass is 578 g/mol. The van der Waals surface area contributed by atoms with Crippen LogP contribution in [-0.2, 0) is 28.3 Å². The van der Waals surface area contributed by atoms with E-state index in [4.69, 9.17) is 0 Å². The molecule has 4 rings (SSSR count). The van der Waals surface area contributed by atoms with E-state index in [0.717, 1.165) is 47.0 Å². The van der Waals surface area contributed by atoms with E-state index < -0.39 is 6.04 Å². The maximum Gasteiger partial charge on any atom is 0.243 e. The number of thioether (sulfide) groups is 1. The van der Waals surface area contributed by atoms with Crippen molar-refractivity contribution in [3.05, 3.63) is 106 Å².